The number of aliphatic hydroxyl groups is 1. The molecule has 5 nitrogen and oxygen atoms in total. The van der Waals surface area contributed by atoms with Crippen molar-refractivity contribution < 1.29 is 9.90 Å². The summed E-state index contributed by atoms with van der Waals surface area (Å²) in [4.78, 5) is 17.5. The van der Waals surface area contributed by atoms with Crippen LogP contribution in [0.5, 0.6) is 0 Å². The SMILES string of the molecule is CC(C)N(CCO)C(=O)c1cccc(N)n1. The monoisotopic (exact) mass is 223 g/mol. The Kier molecular flexibility index (Phi) is 4.25. The van der Waals surface area contributed by atoms with Crippen LogP contribution in [0.2, 0.25) is 0 Å². The van der Waals surface area contributed by atoms with Crippen molar-refractivity contribution in [3.8, 4) is 0 Å². The number of nitrogen functional groups attached to an aromatic ring is 1. The summed E-state index contributed by atoms with van der Waals surface area (Å²) >= 11 is 0. The van der Waals surface area contributed by atoms with Crippen molar-refractivity contribution >= 4 is 11.7 Å². The van der Waals surface area contributed by atoms with E-state index in [4.69, 9.17) is 10.8 Å². The molecule has 3 N–H and O–H groups in total. The number of anilines is 1. The number of rotatable bonds is 4. The molecule has 0 saturated heterocycles. The zero-order chi connectivity index (χ0) is 12.1. The van der Waals surface area contributed by atoms with Gasteiger partial charge in [0.25, 0.3) is 5.91 Å². The van der Waals surface area contributed by atoms with Crippen molar-refractivity contribution in [1.82, 2.24) is 9.88 Å². The highest BCUT2D eigenvalue weighted by atomic mass is 16.3. The van der Waals surface area contributed by atoms with Crippen LogP contribution in [-0.4, -0.2) is 40.1 Å². The minimum atomic E-state index is -0.212. The van der Waals surface area contributed by atoms with Crippen molar-refractivity contribution in [2.75, 3.05) is 18.9 Å². The second-order valence-corrected chi connectivity index (χ2v) is 3.76. The van der Waals surface area contributed by atoms with Gasteiger partial charge < -0.3 is 15.7 Å². The lowest BCUT2D eigenvalue weighted by Crippen LogP contribution is -2.39. The van der Waals surface area contributed by atoms with Gasteiger partial charge in [0, 0.05) is 12.6 Å². The van der Waals surface area contributed by atoms with Crippen molar-refractivity contribution in [3.05, 3.63) is 23.9 Å². The van der Waals surface area contributed by atoms with E-state index in [1.165, 1.54) is 0 Å². The molecule has 0 unspecified atom stereocenters. The number of carbonyl (C=O) groups excluding carboxylic acids is 1. The Morgan fingerprint density at radius 1 is 1.56 bits per heavy atom. The standard InChI is InChI=1S/C11H17N3O2/c1-8(2)14(6-7-15)11(16)9-4-3-5-10(12)13-9/h3-5,8,15H,6-7H2,1-2H3,(H2,12,13). The first kappa shape index (κ1) is 12.4. The maximum atomic E-state index is 12.0. The molecule has 1 aromatic rings. The number of aliphatic hydroxyl groups excluding tert-OH is 1. The Labute approximate surface area is 94.9 Å². The third-order valence-corrected chi connectivity index (χ3v) is 2.21. The van der Waals surface area contributed by atoms with Crippen molar-refractivity contribution in [2.45, 2.75) is 19.9 Å². The quantitative estimate of drug-likeness (QED) is 0.779. The molecular formula is C11H17N3O2. The smallest absolute Gasteiger partial charge is 0.272 e. The molecule has 0 aliphatic heterocycles. The number of nitrogens with zero attached hydrogens (tertiary/aromatic N) is 2. The first-order valence-electron chi connectivity index (χ1n) is 5.20. The summed E-state index contributed by atoms with van der Waals surface area (Å²) in [5.41, 5.74) is 5.82. The summed E-state index contributed by atoms with van der Waals surface area (Å²) < 4.78 is 0. The number of amides is 1. The number of hydrogen-bond acceptors (Lipinski definition) is 4. The average molecular weight is 223 g/mol. The van der Waals surface area contributed by atoms with E-state index < -0.39 is 0 Å². The summed E-state index contributed by atoms with van der Waals surface area (Å²) in [5.74, 6) is 0.106. The molecule has 0 atom stereocenters. The molecule has 0 aromatic carbocycles. The minimum absolute atomic E-state index is 0.0166. The van der Waals surface area contributed by atoms with Gasteiger partial charge in [-0.05, 0) is 26.0 Å². The van der Waals surface area contributed by atoms with Gasteiger partial charge in [0.2, 0.25) is 0 Å². The Bertz CT molecular complexity index is 366. The largest absolute Gasteiger partial charge is 0.395 e. The Morgan fingerprint density at radius 3 is 2.75 bits per heavy atom. The summed E-state index contributed by atoms with van der Waals surface area (Å²) in [6, 6.07) is 4.95. The first-order chi connectivity index (χ1) is 7.56. The lowest BCUT2D eigenvalue weighted by molar-refractivity contribution is 0.0659. The van der Waals surface area contributed by atoms with Crippen molar-refractivity contribution in [3.63, 3.8) is 0 Å². The zero-order valence-corrected chi connectivity index (χ0v) is 9.55. The highest BCUT2D eigenvalue weighted by molar-refractivity contribution is 5.92. The number of hydrogen-bond donors (Lipinski definition) is 2. The van der Waals surface area contributed by atoms with Crippen LogP contribution >= 0.6 is 0 Å². The molecule has 0 radical (unpaired) electrons. The number of pyridine rings is 1. The van der Waals surface area contributed by atoms with Gasteiger partial charge in [-0.15, -0.1) is 0 Å². The van der Waals surface area contributed by atoms with Gasteiger partial charge >= 0.3 is 0 Å². The maximum absolute atomic E-state index is 12.0. The number of aromatic nitrogens is 1. The van der Waals surface area contributed by atoms with Gasteiger partial charge in [-0.25, -0.2) is 4.98 Å². The first-order valence-corrected chi connectivity index (χ1v) is 5.20. The van der Waals surface area contributed by atoms with Crippen LogP contribution in [0.15, 0.2) is 18.2 Å². The predicted octanol–water partition coefficient (Wildman–Crippen LogP) is 0.507. The molecule has 0 aliphatic carbocycles. The third-order valence-electron chi connectivity index (χ3n) is 2.21. The molecule has 0 spiro atoms. The van der Waals surface area contributed by atoms with Crippen molar-refractivity contribution in [1.29, 1.82) is 0 Å². The third kappa shape index (κ3) is 2.93. The van der Waals surface area contributed by atoms with Crippen LogP contribution in [0.4, 0.5) is 5.82 Å². The highest BCUT2D eigenvalue weighted by Crippen LogP contribution is 2.07. The van der Waals surface area contributed by atoms with E-state index in [0.29, 0.717) is 18.1 Å². The fourth-order valence-electron chi connectivity index (χ4n) is 1.42. The van der Waals surface area contributed by atoms with E-state index in [-0.39, 0.29) is 18.6 Å². The second kappa shape index (κ2) is 5.46. The van der Waals surface area contributed by atoms with E-state index in [9.17, 15) is 4.79 Å². The van der Waals surface area contributed by atoms with Crippen LogP contribution in [0.1, 0.15) is 24.3 Å². The fraction of sp³-hybridized carbons (Fsp3) is 0.455. The number of nitrogens with two attached hydrogens (primary N) is 1. The van der Waals surface area contributed by atoms with Gasteiger partial charge in [0.15, 0.2) is 0 Å². The van der Waals surface area contributed by atoms with Crippen LogP contribution in [0.3, 0.4) is 0 Å². The van der Waals surface area contributed by atoms with Gasteiger partial charge in [-0.3, -0.25) is 4.79 Å². The summed E-state index contributed by atoms with van der Waals surface area (Å²) in [7, 11) is 0. The van der Waals surface area contributed by atoms with E-state index in [1.54, 1.807) is 23.1 Å². The van der Waals surface area contributed by atoms with E-state index in [0.717, 1.165) is 0 Å². The minimum Gasteiger partial charge on any atom is -0.395 e. The summed E-state index contributed by atoms with van der Waals surface area (Å²) in [6.45, 7) is 4.01. The van der Waals surface area contributed by atoms with Crippen LogP contribution in [0.25, 0.3) is 0 Å². The molecule has 0 fully saturated rings. The molecule has 5 heteroatoms. The molecule has 0 bridgehead atoms. The van der Waals surface area contributed by atoms with Gasteiger partial charge in [0.05, 0.1) is 6.61 Å². The maximum Gasteiger partial charge on any atom is 0.272 e. The molecule has 0 aliphatic rings. The summed E-state index contributed by atoms with van der Waals surface area (Å²) in [6.07, 6.45) is 0. The van der Waals surface area contributed by atoms with Crippen LogP contribution in [0, 0.1) is 0 Å². The Balaban J connectivity index is 2.90. The molecule has 1 rings (SSSR count). The zero-order valence-electron chi connectivity index (χ0n) is 9.55. The lowest BCUT2D eigenvalue weighted by atomic mass is 10.2. The van der Waals surface area contributed by atoms with Gasteiger partial charge in [-0.2, -0.15) is 0 Å². The fourth-order valence-corrected chi connectivity index (χ4v) is 1.42. The molecule has 1 aromatic heterocycles. The van der Waals surface area contributed by atoms with E-state index >= 15 is 0 Å². The average Bonchev–Trinajstić information content (AvgIpc) is 2.24. The predicted molar refractivity (Wildman–Crippen MR) is 61.9 cm³/mol. The Hall–Kier alpha value is -1.62. The van der Waals surface area contributed by atoms with Gasteiger partial charge in [0.1, 0.15) is 11.5 Å². The van der Waals surface area contributed by atoms with Crippen LogP contribution < -0.4 is 5.73 Å². The molecule has 1 amide bonds. The molecular weight excluding hydrogens is 206 g/mol. The van der Waals surface area contributed by atoms with E-state index in [1.807, 2.05) is 13.8 Å². The summed E-state index contributed by atoms with van der Waals surface area (Å²) in [5, 5.41) is 8.90. The van der Waals surface area contributed by atoms with Gasteiger partial charge in [-0.1, -0.05) is 6.07 Å². The molecule has 16 heavy (non-hydrogen) atoms. The highest BCUT2D eigenvalue weighted by Gasteiger charge is 2.19. The second-order valence-electron chi connectivity index (χ2n) is 3.76. The Morgan fingerprint density at radius 2 is 2.25 bits per heavy atom. The topological polar surface area (TPSA) is 79.5 Å². The number of carbonyl (C=O) groups is 1. The van der Waals surface area contributed by atoms with E-state index in [2.05, 4.69) is 4.98 Å². The normalized spacial score (nSPS) is 10.5. The molecule has 88 valence electrons. The van der Waals surface area contributed by atoms with Crippen molar-refractivity contribution in [2.24, 2.45) is 0 Å². The lowest BCUT2D eigenvalue weighted by Gasteiger charge is -2.25. The molecule has 0 saturated carbocycles. The van der Waals surface area contributed by atoms with Crippen LogP contribution in [-0.2, 0) is 0 Å². The molecule has 1 heterocycles.